The molecule has 3 heterocycles. The summed E-state index contributed by atoms with van der Waals surface area (Å²) < 4.78 is 40.0. The van der Waals surface area contributed by atoms with Crippen molar-refractivity contribution in [1.82, 2.24) is 24.7 Å². The summed E-state index contributed by atoms with van der Waals surface area (Å²) in [5, 5.41) is 10.9. The summed E-state index contributed by atoms with van der Waals surface area (Å²) in [6, 6.07) is 13.5. The number of anilines is 1. The van der Waals surface area contributed by atoms with E-state index in [1.165, 1.54) is 11.6 Å². The molecule has 9 heteroatoms. The Kier molecular flexibility index (Phi) is 4.69. The Morgan fingerprint density at radius 3 is 2.48 bits per heavy atom. The number of aromatic nitrogens is 4. The molecule has 142 valence electrons. The van der Waals surface area contributed by atoms with Crippen LogP contribution in [0.2, 0.25) is 0 Å². The average molecular weight is 376 g/mol. The Labute approximate surface area is 154 Å². The number of benzene rings is 1. The average Bonchev–Trinajstić information content (AvgIpc) is 2.95. The van der Waals surface area contributed by atoms with Gasteiger partial charge >= 0.3 is 6.18 Å². The van der Waals surface area contributed by atoms with Gasteiger partial charge in [-0.2, -0.15) is 17.7 Å². The van der Waals surface area contributed by atoms with Crippen molar-refractivity contribution in [3.05, 3.63) is 53.9 Å². The zero-order chi connectivity index (χ0) is 18.9. The monoisotopic (exact) mass is 376 g/mol. The Bertz CT molecular complexity index is 908. The summed E-state index contributed by atoms with van der Waals surface area (Å²) in [6.45, 7) is 4.07. The van der Waals surface area contributed by atoms with Gasteiger partial charge in [0.25, 0.3) is 5.82 Å². The van der Waals surface area contributed by atoms with Gasteiger partial charge in [-0.25, -0.2) is 0 Å². The first-order valence-corrected chi connectivity index (χ1v) is 8.81. The minimum Gasteiger partial charge on any atom is -0.354 e. The summed E-state index contributed by atoms with van der Waals surface area (Å²) in [6.07, 6.45) is -3.67. The van der Waals surface area contributed by atoms with Crippen LogP contribution < -0.4 is 4.90 Å². The van der Waals surface area contributed by atoms with Gasteiger partial charge in [-0.1, -0.05) is 30.3 Å². The molecule has 1 aromatic carbocycles. The van der Waals surface area contributed by atoms with Crippen LogP contribution in [0.5, 0.6) is 0 Å². The second kappa shape index (κ2) is 7.15. The molecule has 0 bridgehead atoms. The van der Waals surface area contributed by atoms with E-state index in [0.29, 0.717) is 12.4 Å². The van der Waals surface area contributed by atoms with Crippen molar-refractivity contribution in [1.29, 1.82) is 0 Å². The number of fused-ring (bicyclic) bond motifs is 1. The fraction of sp³-hybridized carbons (Fsp3) is 0.389. The maximum absolute atomic E-state index is 13.1. The highest BCUT2D eigenvalue weighted by molar-refractivity contribution is 5.46. The van der Waals surface area contributed by atoms with Gasteiger partial charge in [0, 0.05) is 32.7 Å². The van der Waals surface area contributed by atoms with Gasteiger partial charge in [0.05, 0.1) is 0 Å². The first kappa shape index (κ1) is 17.7. The maximum Gasteiger partial charge on any atom is 0.453 e. The number of rotatable bonds is 3. The molecule has 3 aromatic rings. The second-order valence-electron chi connectivity index (χ2n) is 6.59. The third-order valence-corrected chi connectivity index (χ3v) is 4.66. The summed E-state index contributed by atoms with van der Waals surface area (Å²) in [7, 11) is 0. The maximum atomic E-state index is 13.1. The normalized spacial score (nSPS) is 16.6. The predicted molar refractivity (Wildman–Crippen MR) is 94.3 cm³/mol. The van der Waals surface area contributed by atoms with Crippen LogP contribution in [0.3, 0.4) is 0 Å². The molecular weight excluding hydrogens is 357 g/mol. The van der Waals surface area contributed by atoms with Crippen LogP contribution in [0.25, 0.3) is 5.65 Å². The van der Waals surface area contributed by atoms with E-state index in [9.17, 15) is 13.2 Å². The SMILES string of the molecule is FC(F)(F)c1nnc2ccc(N3CCCN(Cc4ccccc4)CC3)nn12. The second-order valence-corrected chi connectivity index (χ2v) is 6.59. The summed E-state index contributed by atoms with van der Waals surface area (Å²) in [5.41, 5.74) is 1.34. The van der Waals surface area contributed by atoms with Gasteiger partial charge in [-0.05, 0) is 24.1 Å². The minimum atomic E-state index is -4.59. The highest BCUT2D eigenvalue weighted by Crippen LogP contribution is 2.28. The lowest BCUT2D eigenvalue weighted by atomic mass is 10.2. The Hall–Kier alpha value is -2.68. The van der Waals surface area contributed by atoms with E-state index in [4.69, 9.17) is 0 Å². The molecular formula is C18H19F3N6. The molecule has 0 saturated carbocycles. The van der Waals surface area contributed by atoms with E-state index < -0.39 is 12.0 Å². The summed E-state index contributed by atoms with van der Waals surface area (Å²) >= 11 is 0. The minimum absolute atomic E-state index is 0.0894. The third-order valence-electron chi connectivity index (χ3n) is 4.66. The van der Waals surface area contributed by atoms with Crippen LogP contribution in [-0.4, -0.2) is 50.9 Å². The van der Waals surface area contributed by atoms with Crippen molar-refractivity contribution in [3.63, 3.8) is 0 Å². The lowest BCUT2D eigenvalue weighted by Crippen LogP contribution is -2.31. The van der Waals surface area contributed by atoms with Gasteiger partial charge in [0.2, 0.25) is 0 Å². The van der Waals surface area contributed by atoms with Crippen LogP contribution in [0.4, 0.5) is 19.0 Å². The molecule has 1 fully saturated rings. The van der Waals surface area contributed by atoms with Gasteiger partial charge < -0.3 is 4.90 Å². The van der Waals surface area contributed by atoms with Gasteiger partial charge in [0.15, 0.2) is 5.65 Å². The van der Waals surface area contributed by atoms with Crippen LogP contribution >= 0.6 is 0 Å². The van der Waals surface area contributed by atoms with Crippen LogP contribution in [0.15, 0.2) is 42.5 Å². The van der Waals surface area contributed by atoms with Crippen molar-refractivity contribution in [2.24, 2.45) is 0 Å². The van der Waals surface area contributed by atoms with Crippen molar-refractivity contribution in [3.8, 4) is 0 Å². The lowest BCUT2D eigenvalue weighted by Gasteiger charge is -2.22. The highest BCUT2D eigenvalue weighted by Gasteiger charge is 2.37. The fourth-order valence-electron chi connectivity index (χ4n) is 3.32. The van der Waals surface area contributed by atoms with E-state index in [1.807, 2.05) is 23.1 Å². The summed E-state index contributed by atoms with van der Waals surface area (Å²) in [4.78, 5) is 4.37. The molecule has 1 aliphatic rings. The molecule has 0 spiro atoms. The first-order chi connectivity index (χ1) is 13.0. The van der Waals surface area contributed by atoms with Gasteiger partial charge in [-0.3, -0.25) is 4.90 Å². The molecule has 0 unspecified atom stereocenters. The number of hydrogen-bond acceptors (Lipinski definition) is 5. The van der Waals surface area contributed by atoms with Crippen LogP contribution in [-0.2, 0) is 12.7 Å². The molecule has 1 aliphatic heterocycles. The van der Waals surface area contributed by atoms with Crippen molar-refractivity contribution < 1.29 is 13.2 Å². The van der Waals surface area contributed by atoms with E-state index in [1.54, 1.807) is 6.07 Å². The van der Waals surface area contributed by atoms with Crippen LogP contribution in [0, 0.1) is 0 Å². The highest BCUT2D eigenvalue weighted by atomic mass is 19.4. The molecule has 0 aliphatic carbocycles. The zero-order valence-corrected chi connectivity index (χ0v) is 14.6. The largest absolute Gasteiger partial charge is 0.453 e. The zero-order valence-electron chi connectivity index (χ0n) is 14.6. The smallest absolute Gasteiger partial charge is 0.354 e. The Morgan fingerprint density at radius 1 is 0.889 bits per heavy atom. The molecule has 2 aromatic heterocycles. The van der Waals surface area contributed by atoms with Gasteiger partial charge in [-0.15, -0.1) is 15.3 Å². The van der Waals surface area contributed by atoms with E-state index in [-0.39, 0.29) is 5.65 Å². The predicted octanol–water partition coefficient (Wildman–Crippen LogP) is 2.86. The van der Waals surface area contributed by atoms with Gasteiger partial charge in [0.1, 0.15) is 5.82 Å². The van der Waals surface area contributed by atoms with Crippen molar-refractivity contribution in [2.75, 3.05) is 31.1 Å². The summed E-state index contributed by atoms with van der Waals surface area (Å²) in [5.74, 6) is -0.589. The lowest BCUT2D eigenvalue weighted by molar-refractivity contribution is -0.146. The third kappa shape index (κ3) is 3.87. The molecule has 0 N–H and O–H groups in total. The van der Waals surface area contributed by atoms with Crippen molar-refractivity contribution >= 4 is 11.5 Å². The number of alkyl halides is 3. The quantitative estimate of drug-likeness (QED) is 0.704. The van der Waals surface area contributed by atoms with E-state index >= 15 is 0 Å². The van der Waals surface area contributed by atoms with E-state index in [2.05, 4.69) is 32.3 Å². The molecule has 0 amide bonds. The Morgan fingerprint density at radius 2 is 1.70 bits per heavy atom. The molecule has 1 saturated heterocycles. The van der Waals surface area contributed by atoms with Crippen molar-refractivity contribution in [2.45, 2.75) is 19.1 Å². The molecule has 27 heavy (non-hydrogen) atoms. The Balaban J connectivity index is 1.50. The van der Waals surface area contributed by atoms with E-state index in [0.717, 1.165) is 37.1 Å². The molecule has 0 radical (unpaired) electrons. The van der Waals surface area contributed by atoms with Crippen LogP contribution in [0.1, 0.15) is 17.8 Å². The molecule has 6 nitrogen and oxygen atoms in total. The molecule has 4 rings (SSSR count). The standard InChI is InChI=1S/C18H19F3N6/c19-18(20,21)17-23-22-15-7-8-16(24-27(15)17)26-10-4-9-25(11-12-26)13-14-5-2-1-3-6-14/h1-3,5-8H,4,9-13H2. The molecule has 0 atom stereocenters. The number of hydrogen-bond donors (Lipinski definition) is 0. The number of halogens is 3. The first-order valence-electron chi connectivity index (χ1n) is 8.81. The topological polar surface area (TPSA) is 49.6 Å². The fourth-order valence-corrected chi connectivity index (χ4v) is 3.32. The number of nitrogens with zero attached hydrogens (tertiary/aromatic N) is 6.